The van der Waals surface area contributed by atoms with Crippen molar-refractivity contribution in [1.82, 2.24) is 4.98 Å². The third kappa shape index (κ3) is 3.26. The number of alkyl halides is 1. The fourth-order valence-corrected chi connectivity index (χ4v) is 3.47. The SMILES string of the molecule is CCSCc1nc(CC)c(CBr)s1. The van der Waals surface area contributed by atoms with E-state index in [1.807, 2.05) is 23.1 Å². The summed E-state index contributed by atoms with van der Waals surface area (Å²) in [5.74, 6) is 2.24. The van der Waals surface area contributed by atoms with Crippen molar-refractivity contribution in [1.29, 1.82) is 0 Å². The Labute approximate surface area is 96.5 Å². The number of hydrogen-bond acceptors (Lipinski definition) is 3. The third-order valence-electron chi connectivity index (χ3n) is 1.71. The van der Waals surface area contributed by atoms with E-state index in [2.05, 4.69) is 34.8 Å². The Bertz CT molecular complexity index is 239. The Morgan fingerprint density at radius 3 is 2.69 bits per heavy atom. The molecule has 0 fully saturated rings. The molecule has 0 bridgehead atoms. The highest BCUT2D eigenvalue weighted by Gasteiger charge is 2.07. The van der Waals surface area contributed by atoms with E-state index in [4.69, 9.17) is 0 Å². The van der Waals surface area contributed by atoms with E-state index in [1.165, 1.54) is 21.3 Å². The molecule has 0 saturated heterocycles. The van der Waals surface area contributed by atoms with Gasteiger partial charge in [0, 0.05) is 16.0 Å². The minimum Gasteiger partial charge on any atom is -0.245 e. The molecule has 4 heteroatoms. The van der Waals surface area contributed by atoms with Gasteiger partial charge in [0.15, 0.2) is 0 Å². The van der Waals surface area contributed by atoms with Crippen molar-refractivity contribution < 1.29 is 0 Å². The molecule has 0 aliphatic heterocycles. The second kappa shape index (κ2) is 6.04. The topological polar surface area (TPSA) is 12.9 Å². The zero-order valence-corrected chi connectivity index (χ0v) is 11.2. The van der Waals surface area contributed by atoms with Crippen molar-refractivity contribution in [3.05, 3.63) is 15.6 Å². The van der Waals surface area contributed by atoms with Gasteiger partial charge in [-0.3, -0.25) is 0 Å². The van der Waals surface area contributed by atoms with Crippen molar-refractivity contribution in [2.24, 2.45) is 0 Å². The van der Waals surface area contributed by atoms with Crippen LogP contribution in [0.4, 0.5) is 0 Å². The van der Waals surface area contributed by atoms with E-state index < -0.39 is 0 Å². The zero-order valence-electron chi connectivity index (χ0n) is 7.97. The van der Waals surface area contributed by atoms with Gasteiger partial charge in [-0.15, -0.1) is 11.3 Å². The summed E-state index contributed by atoms with van der Waals surface area (Å²) in [6.07, 6.45) is 1.05. The van der Waals surface area contributed by atoms with Crippen LogP contribution in [0.3, 0.4) is 0 Å². The summed E-state index contributed by atoms with van der Waals surface area (Å²) in [6, 6.07) is 0. The first-order valence-electron chi connectivity index (χ1n) is 4.42. The lowest BCUT2D eigenvalue weighted by Crippen LogP contribution is -1.85. The van der Waals surface area contributed by atoms with Crippen LogP contribution in [0, 0.1) is 0 Å². The number of aryl methyl sites for hydroxylation is 1. The summed E-state index contributed by atoms with van der Waals surface area (Å²) in [5.41, 5.74) is 1.27. The Kier molecular flexibility index (Phi) is 5.36. The fraction of sp³-hybridized carbons (Fsp3) is 0.667. The van der Waals surface area contributed by atoms with E-state index >= 15 is 0 Å². The van der Waals surface area contributed by atoms with Gasteiger partial charge >= 0.3 is 0 Å². The summed E-state index contributed by atoms with van der Waals surface area (Å²) >= 11 is 7.28. The molecule has 1 heterocycles. The second-order valence-corrected chi connectivity index (χ2v) is 5.60. The van der Waals surface area contributed by atoms with Crippen molar-refractivity contribution in [3.63, 3.8) is 0 Å². The second-order valence-electron chi connectivity index (χ2n) is 2.60. The standard InChI is InChI=1S/C9H14BrNS2/c1-3-7-8(5-10)13-9(11-7)6-12-4-2/h3-6H2,1-2H3. The van der Waals surface area contributed by atoms with Crippen LogP contribution in [0.2, 0.25) is 0 Å². The highest BCUT2D eigenvalue weighted by Crippen LogP contribution is 2.24. The Balaban J connectivity index is 2.68. The van der Waals surface area contributed by atoms with Crippen LogP contribution in [0.5, 0.6) is 0 Å². The van der Waals surface area contributed by atoms with Crippen molar-refractivity contribution in [2.45, 2.75) is 31.4 Å². The number of thiazole rings is 1. The molecule has 0 aromatic carbocycles. The normalized spacial score (nSPS) is 10.7. The van der Waals surface area contributed by atoms with Crippen LogP contribution in [0.15, 0.2) is 0 Å². The minimum atomic E-state index is 0.949. The predicted octanol–water partition coefficient (Wildman–Crippen LogP) is 3.85. The minimum absolute atomic E-state index is 0.949. The Hall–Kier alpha value is 0.460. The van der Waals surface area contributed by atoms with Gasteiger partial charge in [0.25, 0.3) is 0 Å². The van der Waals surface area contributed by atoms with E-state index in [-0.39, 0.29) is 0 Å². The van der Waals surface area contributed by atoms with Crippen LogP contribution < -0.4 is 0 Å². The van der Waals surface area contributed by atoms with Crippen LogP contribution in [0.25, 0.3) is 0 Å². The molecule has 0 radical (unpaired) electrons. The molecule has 0 spiro atoms. The average Bonchev–Trinajstić information content (AvgIpc) is 2.57. The van der Waals surface area contributed by atoms with E-state index in [0.717, 1.165) is 17.5 Å². The maximum atomic E-state index is 4.60. The van der Waals surface area contributed by atoms with Gasteiger partial charge in [-0.2, -0.15) is 11.8 Å². The number of rotatable bonds is 5. The van der Waals surface area contributed by atoms with E-state index in [1.54, 1.807) is 0 Å². The van der Waals surface area contributed by atoms with Crippen LogP contribution in [-0.4, -0.2) is 10.7 Å². The summed E-state index contributed by atoms with van der Waals surface area (Å²) in [5, 5.41) is 2.23. The molecule has 0 unspecified atom stereocenters. The van der Waals surface area contributed by atoms with Crippen molar-refractivity contribution in [2.75, 3.05) is 5.75 Å². The monoisotopic (exact) mass is 279 g/mol. The van der Waals surface area contributed by atoms with Gasteiger partial charge in [0.1, 0.15) is 5.01 Å². The molecule has 74 valence electrons. The van der Waals surface area contributed by atoms with Gasteiger partial charge in [0.05, 0.1) is 5.69 Å². The molecular formula is C9H14BrNS2. The number of thioether (sulfide) groups is 1. The lowest BCUT2D eigenvalue weighted by Gasteiger charge is -1.91. The number of hydrogen-bond donors (Lipinski definition) is 0. The first kappa shape index (κ1) is 11.5. The third-order valence-corrected chi connectivity index (χ3v) is 4.81. The molecule has 0 aliphatic rings. The van der Waals surface area contributed by atoms with E-state index in [9.17, 15) is 0 Å². The fourth-order valence-electron chi connectivity index (χ4n) is 1.07. The first-order valence-corrected chi connectivity index (χ1v) is 7.52. The summed E-state index contributed by atoms with van der Waals surface area (Å²) in [6.45, 7) is 4.35. The van der Waals surface area contributed by atoms with Crippen LogP contribution in [0.1, 0.15) is 29.4 Å². The quantitative estimate of drug-likeness (QED) is 0.760. The van der Waals surface area contributed by atoms with Crippen molar-refractivity contribution >= 4 is 39.0 Å². The van der Waals surface area contributed by atoms with Crippen LogP contribution in [-0.2, 0) is 17.5 Å². The molecule has 0 amide bonds. The van der Waals surface area contributed by atoms with Gasteiger partial charge < -0.3 is 0 Å². The highest BCUT2D eigenvalue weighted by molar-refractivity contribution is 9.08. The first-order chi connectivity index (χ1) is 6.31. The average molecular weight is 280 g/mol. The molecule has 13 heavy (non-hydrogen) atoms. The van der Waals surface area contributed by atoms with Gasteiger partial charge in [-0.25, -0.2) is 4.98 Å². The Morgan fingerprint density at radius 1 is 1.46 bits per heavy atom. The molecule has 1 aromatic heterocycles. The molecular weight excluding hydrogens is 266 g/mol. The molecule has 0 atom stereocenters. The Morgan fingerprint density at radius 2 is 2.23 bits per heavy atom. The largest absolute Gasteiger partial charge is 0.245 e. The molecule has 1 nitrogen and oxygen atoms in total. The van der Waals surface area contributed by atoms with Gasteiger partial charge in [-0.05, 0) is 12.2 Å². The molecule has 1 aromatic rings. The summed E-state index contributed by atoms with van der Waals surface area (Å²) < 4.78 is 0. The zero-order chi connectivity index (χ0) is 9.68. The maximum Gasteiger partial charge on any atom is 0.103 e. The smallest absolute Gasteiger partial charge is 0.103 e. The van der Waals surface area contributed by atoms with Gasteiger partial charge in [0.2, 0.25) is 0 Å². The van der Waals surface area contributed by atoms with E-state index in [0.29, 0.717) is 0 Å². The number of nitrogens with zero attached hydrogens (tertiary/aromatic N) is 1. The lowest BCUT2D eigenvalue weighted by molar-refractivity contribution is 1.02. The lowest BCUT2D eigenvalue weighted by atomic mass is 10.3. The molecule has 1 rings (SSSR count). The number of aromatic nitrogens is 1. The maximum absolute atomic E-state index is 4.60. The van der Waals surface area contributed by atoms with Crippen LogP contribution >= 0.6 is 39.0 Å². The molecule has 0 N–H and O–H groups in total. The summed E-state index contributed by atoms with van der Waals surface area (Å²) in [4.78, 5) is 6.00. The summed E-state index contributed by atoms with van der Waals surface area (Å²) in [7, 11) is 0. The number of halogens is 1. The molecule has 0 aliphatic carbocycles. The molecule has 0 saturated carbocycles. The highest BCUT2D eigenvalue weighted by atomic mass is 79.9. The van der Waals surface area contributed by atoms with Crippen molar-refractivity contribution in [3.8, 4) is 0 Å². The predicted molar refractivity (Wildman–Crippen MR) is 66.0 cm³/mol. The van der Waals surface area contributed by atoms with Gasteiger partial charge in [-0.1, -0.05) is 29.8 Å².